The molecule has 2 saturated carbocycles. The Balaban J connectivity index is 1.41. The van der Waals surface area contributed by atoms with E-state index in [4.69, 9.17) is 4.74 Å². The second-order valence-electron chi connectivity index (χ2n) is 9.98. The van der Waals surface area contributed by atoms with Crippen LogP contribution in [0.15, 0.2) is 36.4 Å². The average Bonchev–Trinajstić information content (AvgIpc) is 3.28. The maximum atomic E-state index is 11.4. The van der Waals surface area contributed by atoms with Crippen LogP contribution in [0.2, 0.25) is 0 Å². The Morgan fingerprint density at radius 2 is 1.96 bits per heavy atom. The SMILES string of the molecule is CC(=O)OC1CCC2(C)C(=CCC3C2CCC2(C)C(n4ccnc4)=CCC32)C1. The summed E-state index contributed by atoms with van der Waals surface area (Å²) in [6, 6.07) is 0. The number of esters is 1. The number of fused-ring (bicyclic) bond motifs is 5. The first kappa shape index (κ1) is 18.2. The van der Waals surface area contributed by atoms with Crippen molar-refractivity contribution in [2.24, 2.45) is 28.6 Å². The number of hydrogen-bond donors (Lipinski definition) is 0. The maximum absolute atomic E-state index is 11.4. The average molecular weight is 381 g/mol. The molecule has 4 nitrogen and oxygen atoms in total. The van der Waals surface area contributed by atoms with E-state index < -0.39 is 0 Å². The maximum Gasteiger partial charge on any atom is 0.302 e. The van der Waals surface area contributed by atoms with E-state index in [1.165, 1.54) is 38.3 Å². The van der Waals surface area contributed by atoms with Gasteiger partial charge in [0.15, 0.2) is 0 Å². The molecule has 6 atom stereocenters. The first-order valence-electron chi connectivity index (χ1n) is 11.0. The molecule has 0 aliphatic heterocycles. The number of ether oxygens (including phenoxy) is 1. The van der Waals surface area contributed by atoms with Gasteiger partial charge < -0.3 is 9.30 Å². The fourth-order valence-electron chi connectivity index (χ4n) is 7.31. The lowest BCUT2D eigenvalue weighted by Crippen LogP contribution is -2.50. The standard InChI is InChI=1S/C24H32N2O2/c1-16(27)28-18-8-10-23(2)17(14-18)4-5-19-20-6-7-22(26-13-12-25-15-26)24(20,3)11-9-21(19)23/h4,7,12-13,15,18-21H,5-6,8-11,14H2,1-3H3. The van der Waals surface area contributed by atoms with E-state index in [0.29, 0.717) is 5.41 Å². The first-order chi connectivity index (χ1) is 13.4. The van der Waals surface area contributed by atoms with Gasteiger partial charge in [0.1, 0.15) is 6.10 Å². The monoisotopic (exact) mass is 380 g/mol. The molecule has 5 rings (SSSR count). The van der Waals surface area contributed by atoms with Crippen molar-refractivity contribution in [3.05, 3.63) is 36.4 Å². The van der Waals surface area contributed by atoms with Crippen LogP contribution in [0.1, 0.15) is 65.7 Å². The second-order valence-corrected chi connectivity index (χ2v) is 9.98. The van der Waals surface area contributed by atoms with Gasteiger partial charge >= 0.3 is 5.97 Å². The van der Waals surface area contributed by atoms with Crippen molar-refractivity contribution in [1.82, 2.24) is 9.55 Å². The van der Waals surface area contributed by atoms with Crippen molar-refractivity contribution in [2.45, 2.75) is 71.8 Å². The molecule has 4 aliphatic rings. The predicted octanol–water partition coefficient (Wildman–Crippen LogP) is 5.23. The number of aromatic nitrogens is 2. The number of rotatable bonds is 2. The van der Waals surface area contributed by atoms with E-state index in [1.54, 1.807) is 5.57 Å². The molecule has 0 saturated heterocycles. The summed E-state index contributed by atoms with van der Waals surface area (Å²) in [5.41, 5.74) is 3.58. The van der Waals surface area contributed by atoms with Gasteiger partial charge in [0.05, 0.1) is 6.33 Å². The highest BCUT2D eigenvalue weighted by Gasteiger charge is 2.57. The Kier molecular flexibility index (Phi) is 4.12. The van der Waals surface area contributed by atoms with Gasteiger partial charge in [0.25, 0.3) is 0 Å². The van der Waals surface area contributed by atoms with Crippen LogP contribution in [-0.2, 0) is 9.53 Å². The van der Waals surface area contributed by atoms with Crippen LogP contribution in [0.25, 0.3) is 5.70 Å². The van der Waals surface area contributed by atoms with Crippen LogP contribution in [0, 0.1) is 28.6 Å². The molecule has 0 amide bonds. The highest BCUT2D eigenvalue weighted by molar-refractivity contribution is 5.66. The molecule has 0 spiro atoms. The first-order valence-corrected chi connectivity index (χ1v) is 11.0. The van der Waals surface area contributed by atoms with Crippen LogP contribution in [-0.4, -0.2) is 21.6 Å². The van der Waals surface area contributed by atoms with E-state index in [0.717, 1.165) is 37.0 Å². The molecular formula is C24H32N2O2. The van der Waals surface area contributed by atoms with Gasteiger partial charge in [-0.3, -0.25) is 4.79 Å². The lowest BCUT2D eigenvalue weighted by molar-refractivity contribution is -0.148. The van der Waals surface area contributed by atoms with Gasteiger partial charge in [0.2, 0.25) is 0 Å². The fraction of sp³-hybridized carbons (Fsp3) is 0.667. The zero-order valence-corrected chi connectivity index (χ0v) is 17.4. The van der Waals surface area contributed by atoms with Gasteiger partial charge in [-0.2, -0.15) is 0 Å². The number of carbonyl (C=O) groups excluding carboxylic acids is 1. The van der Waals surface area contributed by atoms with Crippen molar-refractivity contribution in [3.63, 3.8) is 0 Å². The van der Waals surface area contributed by atoms with E-state index in [9.17, 15) is 4.79 Å². The van der Waals surface area contributed by atoms with E-state index >= 15 is 0 Å². The molecule has 1 aromatic rings. The number of hydrogen-bond acceptors (Lipinski definition) is 3. The number of nitrogens with zero attached hydrogens (tertiary/aromatic N) is 2. The Bertz CT molecular complexity index is 839. The van der Waals surface area contributed by atoms with Crippen LogP contribution < -0.4 is 0 Å². The van der Waals surface area contributed by atoms with Gasteiger partial charge in [-0.05, 0) is 61.7 Å². The molecule has 4 aliphatic carbocycles. The summed E-state index contributed by atoms with van der Waals surface area (Å²) in [6.07, 6.45) is 19.1. The van der Waals surface area contributed by atoms with Crippen molar-refractivity contribution in [2.75, 3.05) is 0 Å². The summed E-state index contributed by atoms with van der Waals surface area (Å²) in [7, 11) is 0. The van der Waals surface area contributed by atoms with Gasteiger partial charge in [-0.25, -0.2) is 4.98 Å². The smallest absolute Gasteiger partial charge is 0.302 e. The van der Waals surface area contributed by atoms with E-state index in [-0.39, 0.29) is 17.5 Å². The molecular weight excluding hydrogens is 348 g/mol. The summed E-state index contributed by atoms with van der Waals surface area (Å²) < 4.78 is 7.81. The molecule has 0 aromatic carbocycles. The fourth-order valence-corrected chi connectivity index (χ4v) is 7.31. The normalized spacial score (nSPS) is 42.0. The number of imidazole rings is 1. The third-order valence-corrected chi connectivity index (χ3v) is 8.71. The Hall–Kier alpha value is -1.84. The molecule has 6 unspecified atom stereocenters. The van der Waals surface area contributed by atoms with Crippen LogP contribution in [0.3, 0.4) is 0 Å². The molecule has 0 radical (unpaired) electrons. The van der Waals surface area contributed by atoms with E-state index in [1.807, 2.05) is 12.5 Å². The third-order valence-electron chi connectivity index (χ3n) is 8.71. The van der Waals surface area contributed by atoms with Crippen LogP contribution in [0.5, 0.6) is 0 Å². The topological polar surface area (TPSA) is 44.1 Å². The minimum absolute atomic E-state index is 0.0863. The van der Waals surface area contributed by atoms with Crippen molar-refractivity contribution in [3.8, 4) is 0 Å². The lowest BCUT2D eigenvalue weighted by atomic mass is 9.48. The van der Waals surface area contributed by atoms with Crippen molar-refractivity contribution in [1.29, 1.82) is 0 Å². The molecule has 4 heteroatoms. The lowest BCUT2D eigenvalue weighted by Gasteiger charge is -2.57. The summed E-state index contributed by atoms with van der Waals surface area (Å²) in [6.45, 7) is 6.53. The summed E-state index contributed by atoms with van der Waals surface area (Å²) in [5, 5.41) is 0. The number of carbonyl (C=O) groups is 1. The summed E-state index contributed by atoms with van der Waals surface area (Å²) in [4.78, 5) is 15.7. The minimum atomic E-state index is -0.139. The number of allylic oxidation sites excluding steroid dienone is 3. The summed E-state index contributed by atoms with van der Waals surface area (Å²) in [5.74, 6) is 2.11. The highest BCUT2D eigenvalue weighted by atomic mass is 16.5. The van der Waals surface area contributed by atoms with Gasteiger partial charge in [-0.15, -0.1) is 0 Å². The zero-order chi connectivity index (χ0) is 19.5. The minimum Gasteiger partial charge on any atom is -0.462 e. The molecule has 0 N–H and O–H groups in total. The second kappa shape index (κ2) is 6.33. The molecule has 2 fully saturated rings. The predicted molar refractivity (Wildman–Crippen MR) is 109 cm³/mol. The van der Waals surface area contributed by atoms with Crippen molar-refractivity contribution < 1.29 is 9.53 Å². The molecule has 28 heavy (non-hydrogen) atoms. The van der Waals surface area contributed by atoms with Gasteiger partial charge in [-0.1, -0.05) is 31.6 Å². The highest BCUT2D eigenvalue weighted by Crippen LogP contribution is 2.65. The van der Waals surface area contributed by atoms with Crippen LogP contribution in [0.4, 0.5) is 0 Å². The Morgan fingerprint density at radius 3 is 2.71 bits per heavy atom. The van der Waals surface area contributed by atoms with Crippen LogP contribution >= 0.6 is 0 Å². The third kappa shape index (κ3) is 2.56. The zero-order valence-electron chi connectivity index (χ0n) is 17.4. The summed E-state index contributed by atoms with van der Waals surface area (Å²) >= 11 is 0. The molecule has 1 aromatic heterocycles. The molecule has 150 valence electrons. The quantitative estimate of drug-likeness (QED) is 0.521. The largest absolute Gasteiger partial charge is 0.462 e. The van der Waals surface area contributed by atoms with E-state index in [2.05, 4.69) is 41.7 Å². The Morgan fingerprint density at radius 1 is 1.14 bits per heavy atom. The van der Waals surface area contributed by atoms with Gasteiger partial charge in [0, 0.05) is 36.9 Å². The molecule has 1 heterocycles. The van der Waals surface area contributed by atoms with Crippen molar-refractivity contribution >= 4 is 11.7 Å². The molecule has 0 bridgehead atoms. The Labute approximate surface area is 168 Å².